The average molecular weight is 370 g/mol. The standard InChI is InChI=1S/C15H20ClN5O4/c16-14-20-9-12(17)18-6-19-13(9)21(14)15(7-3-1-2-4-7)11(24)10(23)8(5-22)25-15/h6-8,10-11,22-24H,1-5H2,(H2,17,18,19)/t8-,10-,11-,15-/m1/s1. The van der Waals surface area contributed by atoms with Crippen LogP contribution in [-0.4, -0.2) is 59.8 Å². The van der Waals surface area contributed by atoms with Crippen molar-refractivity contribution in [2.24, 2.45) is 5.92 Å². The zero-order valence-electron chi connectivity index (χ0n) is 13.4. The van der Waals surface area contributed by atoms with E-state index in [1.54, 1.807) is 0 Å². The minimum atomic E-state index is -1.37. The lowest BCUT2D eigenvalue weighted by atomic mass is 9.87. The molecule has 9 nitrogen and oxygen atoms in total. The van der Waals surface area contributed by atoms with Gasteiger partial charge < -0.3 is 25.8 Å². The summed E-state index contributed by atoms with van der Waals surface area (Å²) < 4.78 is 7.57. The Bertz CT molecular complexity index is 796. The van der Waals surface area contributed by atoms with Gasteiger partial charge in [-0.2, -0.15) is 0 Å². The maximum absolute atomic E-state index is 10.9. The van der Waals surface area contributed by atoms with E-state index in [-0.39, 0.29) is 17.0 Å². The van der Waals surface area contributed by atoms with E-state index in [1.807, 2.05) is 0 Å². The predicted octanol–water partition coefficient (Wildman–Crippen LogP) is 0.0178. The van der Waals surface area contributed by atoms with E-state index in [2.05, 4.69) is 15.0 Å². The van der Waals surface area contributed by atoms with Gasteiger partial charge in [-0.1, -0.05) is 12.8 Å². The van der Waals surface area contributed by atoms with Gasteiger partial charge in [0.25, 0.3) is 0 Å². The van der Waals surface area contributed by atoms with Crippen LogP contribution in [0.3, 0.4) is 0 Å². The number of hydrogen-bond acceptors (Lipinski definition) is 8. The van der Waals surface area contributed by atoms with Gasteiger partial charge in [0.2, 0.25) is 5.28 Å². The highest BCUT2D eigenvalue weighted by Gasteiger charge is 2.60. The molecule has 5 N–H and O–H groups in total. The molecule has 0 aromatic carbocycles. The van der Waals surface area contributed by atoms with Crippen molar-refractivity contribution >= 4 is 28.6 Å². The van der Waals surface area contributed by atoms with Crippen LogP contribution in [0.1, 0.15) is 25.7 Å². The summed E-state index contributed by atoms with van der Waals surface area (Å²) in [6.07, 6.45) is 1.35. The fraction of sp³-hybridized carbons (Fsp3) is 0.667. The molecule has 4 rings (SSSR count). The molecule has 3 heterocycles. The molecule has 2 aliphatic rings. The molecule has 0 unspecified atom stereocenters. The van der Waals surface area contributed by atoms with Crippen LogP contribution >= 0.6 is 11.6 Å². The lowest BCUT2D eigenvalue weighted by molar-refractivity contribution is -0.180. The van der Waals surface area contributed by atoms with Crippen LogP contribution in [0.15, 0.2) is 6.33 Å². The normalized spacial score (nSPS) is 33.5. The van der Waals surface area contributed by atoms with Gasteiger partial charge >= 0.3 is 0 Å². The monoisotopic (exact) mass is 369 g/mol. The van der Waals surface area contributed by atoms with Crippen molar-refractivity contribution in [3.8, 4) is 0 Å². The molecule has 10 heteroatoms. The van der Waals surface area contributed by atoms with Gasteiger partial charge in [-0.05, 0) is 24.4 Å². The second kappa shape index (κ2) is 6.03. The Morgan fingerprint density at radius 2 is 2.04 bits per heavy atom. The molecule has 25 heavy (non-hydrogen) atoms. The SMILES string of the molecule is Nc1ncnc2c1nc(Cl)n2[C@]1(C2CCCC2)O[C@H](CO)[C@@H](O)[C@H]1O. The quantitative estimate of drug-likeness (QED) is 0.555. The molecule has 1 saturated heterocycles. The highest BCUT2D eigenvalue weighted by molar-refractivity contribution is 6.29. The van der Waals surface area contributed by atoms with Crippen molar-refractivity contribution in [3.63, 3.8) is 0 Å². The van der Waals surface area contributed by atoms with E-state index < -0.39 is 30.6 Å². The number of ether oxygens (including phenoxy) is 1. The van der Waals surface area contributed by atoms with Crippen LogP contribution in [0.5, 0.6) is 0 Å². The molecule has 2 aromatic heterocycles. The summed E-state index contributed by atoms with van der Waals surface area (Å²) in [5, 5.41) is 30.9. The molecular formula is C15H20ClN5O4. The second-order valence-electron chi connectivity index (χ2n) is 6.65. The first-order valence-electron chi connectivity index (χ1n) is 8.30. The molecule has 1 saturated carbocycles. The molecule has 0 amide bonds. The fourth-order valence-electron chi connectivity index (χ4n) is 4.21. The Hall–Kier alpha value is -1.52. The van der Waals surface area contributed by atoms with Crippen LogP contribution in [0.2, 0.25) is 5.28 Å². The summed E-state index contributed by atoms with van der Waals surface area (Å²) in [5.41, 5.74) is 5.14. The minimum Gasteiger partial charge on any atom is -0.394 e. The predicted molar refractivity (Wildman–Crippen MR) is 88.6 cm³/mol. The van der Waals surface area contributed by atoms with E-state index in [4.69, 9.17) is 22.1 Å². The van der Waals surface area contributed by atoms with E-state index in [1.165, 1.54) is 10.9 Å². The first-order chi connectivity index (χ1) is 12.0. The molecule has 0 radical (unpaired) electrons. The molecule has 4 atom stereocenters. The summed E-state index contributed by atoms with van der Waals surface area (Å²) >= 11 is 6.38. The topological polar surface area (TPSA) is 140 Å². The zero-order chi connectivity index (χ0) is 17.8. The number of fused-ring (bicyclic) bond motifs is 1. The Morgan fingerprint density at radius 3 is 2.68 bits per heavy atom. The van der Waals surface area contributed by atoms with Gasteiger partial charge in [-0.15, -0.1) is 0 Å². The number of aliphatic hydroxyl groups excluding tert-OH is 3. The van der Waals surface area contributed by atoms with Crippen molar-refractivity contribution in [2.75, 3.05) is 12.3 Å². The molecule has 136 valence electrons. The van der Waals surface area contributed by atoms with E-state index in [0.29, 0.717) is 11.2 Å². The fourth-order valence-corrected chi connectivity index (χ4v) is 4.51. The van der Waals surface area contributed by atoms with Crippen molar-refractivity contribution in [1.82, 2.24) is 19.5 Å². The highest BCUT2D eigenvalue weighted by Crippen LogP contribution is 2.50. The maximum atomic E-state index is 10.9. The number of aromatic nitrogens is 4. The van der Waals surface area contributed by atoms with Crippen molar-refractivity contribution in [2.45, 2.75) is 49.7 Å². The summed E-state index contributed by atoms with van der Waals surface area (Å²) in [7, 11) is 0. The largest absolute Gasteiger partial charge is 0.394 e. The van der Waals surface area contributed by atoms with Crippen LogP contribution in [-0.2, 0) is 10.5 Å². The lowest BCUT2D eigenvalue weighted by Gasteiger charge is -2.39. The Balaban J connectivity index is 1.97. The number of rotatable bonds is 3. The number of nitrogen functional groups attached to an aromatic ring is 1. The van der Waals surface area contributed by atoms with Crippen LogP contribution in [0, 0.1) is 5.92 Å². The van der Waals surface area contributed by atoms with Gasteiger partial charge in [-0.25, -0.2) is 15.0 Å². The third kappa shape index (κ3) is 2.27. The van der Waals surface area contributed by atoms with Crippen LogP contribution < -0.4 is 5.73 Å². The molecule has 0 spiro atoms. The number of aliphatic hydroxyl groups is 3. The van der Waals surface area contributed by atoms with Crippen molar-refractivity contribution in [1.29, 1.82) is 0 Å². The van der Waals surface area contributed by atoms with Crippen LogP contribution in [0.25, 0.3) is 11.2 Å². The zero-order valence-corrected chi connectivity index (χ0v) is 14.2. The first-order valence-corrected chi connectivity index (χ1v) is 8.68. The number of halogens is 1. The number of imidazole rings is 1. The molecule has 2 aromatic rings. The Labute approximate surface area is 148 Å². The van der Waals surface area contributed by atoms with Crippen molar-refractivity contribution < 1.29 is 20.1 Å². The van der Waals surface area contributed by atoms with E-state index in [9.17, 15) is 15.3 Å². The summed E-state index contributed by atoms with van der Waals surface area (Å²) in [6.45, 7) is -0.423. The number of hydrogen-bond donors (Lipinski definition) is 4. The number of nitrogens with two attached hydrogens (primary N) is 1. The second-order valence-corrected chi connectivity index (χ2v) is 6.99. The molecule has 2 fully saturated rings. The van der Waals surface area contributed by atoms with Gasteiger partial charge in [0.1, 0.15) is 24.6 Å². The smallest absolute Gasteiger partial charge is 0.207 e. The molecule has 0 bridgehead atoms. The third-order valence-electron chi connectivity index (χ3n) is 5.37. The number of anilines is 1. The van der Waals surface area contributed by atoms with E-state index >= 15 is 0 Å². The molecular weight excluding hydrogens is 350 g/mol. The summed E-state index contributed by atoms with van der Waals surface area (Å²) in [6, 6.07) is 0. The Kier molecular flexibility index (Phi) is 4.08. The number of nitrogens with zero attached hydrogens (tertiary/aromatic N) is 4. The highest BCUT2D eigenvalue weighted by atomic mass is 35.5. The first kappa shape index (κ1) is 16.9. The maximum Gasteiger partial charge on any atom is 0.207 e. The van der Waals surface area contributed by atoms with Gasteiger partial charge in [0.15, 0.2) is 22.7 Å². The van der Waals surface area contributed by atoms with E-state index in [0.717, 1.165) is 25.7 Å². The summed E-state index contributed by atoms with van der Waals surface area (Å²) in [5.74, 6) is 0.0544. The minimum absolute atomic E-state index is 0.0407. The molecule has 1 aliphatic carbocycles. The van der Waals surface area contributed by atoms with Gasteiger partial charge in [0.05, 0.1) is 6.61 Å². The molecule has 1 aliphatic heterocycles. The lowest BCUT2D eigenvalue weighted by Crippen LogP contribution is -2.50. The van der Waals surface area contributed by atoms with Gasteiger partial charge in [-0.3, -0.25) is 4.57 Å². The third-order valence-corrected chi connectivity index (χ3v) is 5.62. The Morgan fingerprint density at radius 1 is 1.32 bits per heavy atom. The van der Waals surface area contributed by atoms with Gasteiger partial charge in [0, 0.05) is 5.92 Å². The summed E-state index contributed by atoms with van der Waals surface area (Å²) in [4.78, 5) is 12.4. The average Bonchev–Trinajstić information content (AvgIpc) is 3.29. The van der Waals surface area contributed by atoms with Crippen molar-refractivity contribution in [3.05, 3.63) is 11.6 Å². The van der Waals surface area contributed by atoms with Crippen LogP contribution in [0.4, 0.5) is 5.82 Å².